The summed E-state index contributed by atoms with van der Waals surface area (Å²) in [5.74, 6) is 0.974. The Bertz CT molecular complexity index is 731. The molecule has 1 aromatic carbocycles. The Morgan fingerprint density at radius 3 is 2.80 bits per heavy atom. The van der Waals surface area contributed by atoms with Crippen molar-refractivity contribution in [3.8, 4) is 0 Å². The number of nitrogens with one attached hydrogen (secondary N) is 1. The van der Waals surface area contributed by atoms with E-state index in [0.717, 1.165) is 21.7 Å². The number of furan rings is 1. The van der Waals surface area contributed by atoms with Gasteiger partial charge in [-0.05, 0) is 59.7 Å². The Labute approximate surface area is 130 Å². The smallest absolute Gasteiger partial charge is 0.134 e. The minimum absolute atomic E-state index is 0.115. The van der Waals surface area contributed by atoms with Crippen LogP contribution in [-0.4, -0.2) is 6.54 Å². The molecule has 2 aromatic heterocycles. The zero-order valence-corrected chi connectivity index (χ0v) is 13.8. The summed E-state index contributed by atoms with van der Waals surface area (Å²) in [6.07, 6.45) is 0. The average Bonchev–Trinajstić information content (AvgIpc) is 3.01. The fraction of sp³-hybridized carbons (Fsp3) is 0.250. The van der Waals surface area contributed by atoms with E-state index in [2.05, 4.69) is 65.4 Å². The number of fused-ring (bicyclic) bond motifs is 1. The van der Waals surface area contributed by atoms with E-state index in [9.17, 15) is 0 Å². The second kappa shape index (κ2) is 5.72. The molecule has 1 N–H and O–H groups in total. The Hall–Kier alpha value is -1.10. The number of aryl methyl sites for hydroxylation is 1. The van der Waals surface area contributed by atoms with Gasteiger partial charge in [-0.1, -0.05) is 18.6 Å². The minimum atomic E-state index is 0.115. The predicted octanol–water partition coefficient (Wildman–Crippen LogP) is 5.26. The van der Waals surface area contributed by atoms with Crippen molar-refractivity contribution in [1.29, 1.82) is 0 Å². The lowest BCUT2D eigenvalue weighted by molar-refractivity contribution is 0.481. The van der Waals surface area contributed by atoms with Crippen molar-refractivity contribution in [3.63, 3.8) is 0 Å². The van der Waals surface area contributed by atoms with Gasteiger partial charge < -0.3 is 9.73 Å². The second-order valence-electron chi connectivity index (χ2n) is 4.82. The molecule has 3 rings (SSSR count). The maximum absolute atomic E-state index is 6.03. The summed E-state index contributed by atoms with van der Waals surface area (Å²) in [6.45, 7) is 5.11. The molecule has 2 heterocycles. The van der Waals surface area contributed by atoms with Crippen LogP contribution in [0, 0.1) is 6.92 Å². The third-order valence-corrected chi connectivity index (χ3v) is 4.95. The summed E-state index contributed by atoms with van der Waals surface area (Å²) in [6, 6.07) is 12.8. The summed E-state index contributed by atoms with van der Waals surface area (Å²) in [5.41, 5.74) is 2.20. The van der Waals surface area contributed by atoms with Crippen LogP contribution >= 0.6 is 27.3 Å². The van der Waals surface area contributed by atoms with Gasteiger partial charge in [-0.25, -0.2) is 0 Å². The van der Waals surface area contributed by atoms with E-state index in [1.165, 1.54) is 15.8 Å². The van der Waals surface area contributed by atoms with Crippen LogP contribution in [0.2, 0.25) is 0 Å². The highest BCUT2D eigenvalue weighted by Crippen LogP contribution is 2.34. The van der Waals surface area contributed by atoms with Crippen LogP contribution in [0.5, 0.6) is 0 Å². The highest BCUT2D eigenvalue weighted by Gasteiger charge is 2.19. The molecule has 0 saturated heterocycles. The van der Waals surface area contributed by atoms with E-state index >= 15 is 0 Å². The molecule has 104 valence electrons. The van der Waals surface area contributed by atoms with E-state index in [-0.39, 0.29) is 6.04 Å². The van der Waals surface area contributed by atoms with Crippen molar-refractivity contribution in [1.82, 2.24) is 5.32 Å². The molecule has 20 heavy (non-hydrogen) atoms. The third-order valence-electron chi connectivity index (χ3n) is 3.26. The zero-order valence-electron chi connectivity index (χ0n) is 11.4. The Kier molecular flexibility index (Phi) is 3.96. The van der Waals surface area contributed by atoms with E-state index in [1.54, 1.807) is 11.3 Å². The second-order valence-corrected chi connectivity index (χ2v) is 7.32. The molecular weight excluding hydrogens is 334 g/mol. The maximum Gasteiger partial charge on any atom is 0.134 e. The summed E-state index contributed by atoms with van der Waals surface area (Å²) in [4.78, 5) is 1.26. The molecule has 0 aliphatic heterocycles. The Morgan fingerprint density at radius 2 is 2.10 bits per heavy atom. The fourth-order valence-corrected chi connectivity index (χ4v) is 3.86. The lowest BCUT2D eigenvalue weighted by atomic mass is 10.1. The predicted molar refractivity (Wildman–Crippen MR) is 88.5 cm³/mol. The number of rotatable bonds is 4. The van der Waals surface area contributed by atoms with Crippen molar-refractivity contribution >= 4 is 38.2 Å². The summed E-state index contributed by atoms with van der Waals surface area (Å²) < 4.78 is 7.17. The minimum Gasteiger partial charge on any atom is -0.459 e. The van der Waals surface area contributed by atoms with E-state index < -0.39 is 0 Å². The number of hydrogen-bond donors (Lipinski definition) is 1. The Morgan fingerprint density at radius 1 is 1.25 bits per heavy atom. The number of hydrogen-bond acceptors (Lipinski definition) is 3. The topological polar surface area (TPSA) is 25.2 Å². The van der Waals surface area contributed by atoms with Crippen molar-refractivity contribution < 1.29 is 4.42 Å². The molecule has 0 fully saturated rings. The normalized spacial score (nSPS) is 12.9. The quantitative estimate of drug-likeness (QED) is 0.694. The van der Waals surface area contributed by atoms with Crippen molar-refractivity contribution in [3.05, 3.63) is 56.4 Å². The van der Waals surface area contributed by atoms with Gasteiger partial charge in [0.25, 0.3) is 0 Å². The van der Waals surface area contributed by atoms with Gasteiger partial charge in [-0.2, -0.15) is 0 Å². The molecule has 4 heteroatoms. The maximum atomic E-state index is 6.03. The van der Waals surface area contributed by atoms with Gasteiger partial charge in [0.05, 0.1) is 3.79 Å². The van der Waals surface area contributed by atoms with Crippen molar-refractivity contribution in [2.75, 3.05) is 6.54 Å². The largest absolute Gasteiger partial charge is 0.459 e. The highest BCUT2D eigenvalue weighted by atomic mass is 79.9. The van der Waals surface area contributed by atoms with Crippen LogP contribution in [0.1, 0.15) is 29.2 Å². The molecule has 0 aliphatic rings. The first-order valence-corrected chi connectivity index (χ1v) is 8.27. The summed E-state index contributed by atoms with van der Waals surface area (Å²) >= 11 is 5.27. The van der Waals surface area contributed by atoms with Gasteiger partial charge in [-0.15, -0.1) is 11.3 Å². The van der Waals surface area contributed by atoms with Crippen LogP contribution in [0.3, 0.4) is 0 Å². The Balaban J connectivity index is 2.04. The lowest BCUT2D eigenvalue weighted by Crippen LogP contribution is -2.20. The van der Waals surface area contributed by atoms with E-state index in [1.807, 2.05) is 6.07 Å². The van der Waals surface area contributed by atoms with Gasteiger partial charge in [-0.3, -0.25) is 0 Å². The molecule has 0 bridgehead atoms. The van der Waals surface area contributed by atoms with Crippen LogP contribution in [0.4, 0.5) is 0 Å². The van der Waals surface area contributed by atoms with Gasteiger partial charge in [0, 0.05) is 10.3 Å². The molecule has 1 atom stereocenters. The first-order valence-electron chi connectivity index (χ1n) is 6.66. The zero-order chi connectivity index (χ0) is 14.1. The molecule has 0 saturated carbocycles. The third kappa shape index (κ3) is 2.68. The monoisotopic (exact) mass is 349 g/mol. The van der Waals surface area contributed by atoms with Gasteiger partial charge >= 0.3 is 0 Å². The average molecular weight is 350 g/mol. The number of thiophene rings is 1. The summed E-state index contributed by atoms with van der Waals surface area (Å²) in [7, 11) is 0. The standard InChI is InChI=1S/C16H16BrNOS/c1-3-18-16(14-6-7-15(17)20-14)13-9-11-8-10(2)4-5-12(11)19-13/h4-9,16,18H,3H2,1-2H3. The fourth-order valence-electron chi connectivity index (χ4n) is 2.35. The van der Waals surface area contributed by atoms with Crippen LogP contribution < -0.4 is 5.32 Å². The molecule has 3 aromatic rings. The first kappa shape index (κ1) is 13.9. The van der Waals surface area contributed by atoms with Crippen molar-refractivity contribution in [2.45, 2.75) is 19.9 Å². The van der Waals surface area contributed by atoms with Gasteiger partial charge in [0.15, 0.2) is 0 Å². The highest BCUT2D eigenvalue weighted by molar-refractivity contribution is 9.11. The first-order chi connectivity index (χ1) is 9.67. The van der Waals surface area contributed by atoms with Crippen LogP contribution in [-0.2, 0) is 0 Å². The molecule has 1 unspecified atom stereocenters. The number of benzene rings is 1. The van der Waals surface area contributed by atoms with Crippen molar-refractivity contribution in [2.24, 2.45) is 0 Å². The summed E-state index contributed by atoms with van der Waals surface area (Å²) in [5, 5.41) is 4.67. The molecule has 0 radical (unpaired) electrons. The lowest BCUT2D eigenvalue weighted by Gasteiger charge is -2.13. The van der Waals surface area contributed by atoms with E-state index in [4.69, 9.17) is 4.42 Å². The van der Waals surface area contributed by atoms with Crippen LogP contribution in [0.15, 0.2) is 44.6 Å². The van der Waals surface area contributed by atoms with E-state index in [0.29, 0.717) is 0 Å². The van der Waals surface area contributed by atoms with Crippen LogP contribution in [0.25, 0.3) is 11.0 Å². The van der Waals surface area contributed by atoms with Gasteiger partial charge in [0.1, 0.15) is 17.4 Å². The molecule has 0 amide bonds. The molecular formula is C16H16BrNOS. The van der Waals surface area contributed by atoms with Gasteiger partial charge in [0.2, 0.25) is 0 Å². The molecule has 2 nitrogen and oxygen atoms in total. The number of halogens is 1. The SMILES string of the molecule is CCNC(c1cc2cc(C)ccc2o1)c1ccc(Br)s1. The molecule has 0 spiro atoms. The molecule has 0 aliphatic carbocycles.